The van der Waals surface area contributed by atoms with Crippen molar-refractivity contribution in [1.29, 1.82) is 0 Å². The van der Waals surface area contributed by atoms with Gasteiger partial charge in [0, 0.05) is 19.0 Å². The van der Waals surface area contributed by atoms with Gasteiger partial charge in [-0.05, 0) is 37.5 Å². The molecule has 0 spiro atoms. The number of carbonyl (C=O) groups is 2. The summed E-state index contributed by atoms with van der Waals surface area (Å²) in [6.45, 7) is 4.87. The Morgan fingerprint density at radius 3 is 2.19 bits per heavy atom. The highest BCUT2D eigenvalue weighted by atomic mass is 16.2. The summed E-state index contributed by atoms with van der Waals surface area (Å²) in [6, 6.07) is 0.0580. The highest BCUT2D eigenvalue weighted by molar-refractivity contribution is 5.77. The summed E-state index contributed by atoms with van der Waals surface area (Å²) in [6.07, 6.45) is 7.16. The van der Waals surface area contributed by atoms with Crippen LogP contribution in [0, 0.1) is 11.8 Å². The zero-order chi connectivity index (χ0) is 15.2. The Morgan fingerprint density at radius 2 is 1.62 bits per heavy atom. The standard InChI is InChI=1S/C16H29N3O2/c1-11(2)9-15(20)18-13-5-3-4-6-14(13)19-16(21)17-10-12-7-8-12/h11-14H,3-10H2,1-2H3,(H,18,20)(H2,17,19,21). The number of hydrogen-bond acceptors (Lipinski definition) is 2. The Labute approximate surface area is 127 Å². The molecule has 2 saturated carbocycles. The van der Waals surface area contributed by atoms with Crippen molar-refractivity contribution in [1.82, 2.24) is 16.0 Å². The second-order valence-electron chi connectivity index (χ2n) is 6.96. The molecule has 3 amide bonds. The lowest BCUT2D eigenvalue weighted by molar-refractivity contribution is -0.122. The van der Waals surface area contributed by atoms with Crippen LogP contribution in [0.25, 0.3) is 0 Å². The summed E-state index contributed by atoms with van der Waals surface area (Å²) in [5, 5.41) is 9.08. The van der Waals surface area contributed by atoms with E-state index < -0.39 is 0 Å². The maximum atomic E-state index is 11.9. The van der Waals surface area contributed by atoms with Crippen molar-refractivity contribution in [3.63, 3.8) is 0 Å². The number of hydrogen-bond donors (Lipinski definition) is 3. The first-order valence-corrected chi connectivity index (χ1v) is 8.38. The number of urea groups is 1. The fourth-order valence-electron chi connectivity index (χ4n) is 2.89. The Morgan fingerprint density at radius 1 is 1.00 bits per heavy atom. The summed E-state index contributed by atoms with van der Waals surface area (Å²) in [7, 11) is 0. The van der Waals surface area contributed by atoms with E-state index in [1.165, 1.54) is 12.8 Å². The molecular formula is C16H29N3O2. The van der Waals surface area contributed by atoms with Gasteiger partial charge in [0.25, 0.3) is 0 Å². The molecule has 2 unspecified atom stereocenters. The van der Waals surface area contributed by atoms with E-state index in [0.29, 0.717) is 18.3 Å². The molecule has 2 aliphatic rings. The zero-order valence-corrected chi connectivity index (χ0v) is 13.3. The van der Waals surface area contributed by atoms with Gasteiger partial charge in [-0.1, -0.05) is 26.7 Å². The molecule has 3 N–H and O–H groups in total. The fraction of sp³-hybridized carbons (Fsp3) is 0.875. The molecule has 0 saturated heterocycles. The average molecular weight is 295 g/mol. The summed E-state index contributed by atoms with van der Waals surface area (Å²) >= 11 is 0. The van der Waals surface area contributed by atoms with Crippen LogP contribution < -0.4 is 16.0 Å². The Balaban J connectivity index is 1.76. The van der Waals surface area contributed by atoms with Crippen molar-refractivity contribution in [2.24, 2.45) is 11.8 Å². The smallest absolute Gasteiger partial charge is 0.315 e. The van der Waals surface area contributed by atoms with Crippen LogP contribution in [0.2, 0.25) is 0 Å². The Bertz CT molecular complexity index is 367. The van der Waals surface area contributed by atoms with Crippen LogP contribution in [0.15, 0.2) is 0 Å². The van der Waals surface area contributed by atoms with Crippen LogP contribution in [-0.2, 0) is 4.79 Å². The normalized spacial score (nSPS) is 25.5. The van der Waals surface area contributed by atoms with E-state index in [1.807, 2.05) is 13.8 Å². The minimum Gasteiger partial charge on any atom is -0.351 e. The summed E-state index contributed by atoms with van der Waals surface area (Å²) in [4.78, 5) is 23.9. The minimum absolute atomic E-state index is 0.0639. The third-order valence-electron chi connectivity index (χ3n) is 4.27. The number of rotatable bonds is 6. The lowest BCUT2D eigenvalue weighted by Crippen LogP contribution is -2.55. The maximum Gasteiger partial charge on any atom is 0.315 e. The first kappa shape index (κ1) is 16.1. The van der Waals surface area contributed by atoms with Crippen molar-refractivity contribution in [3.05, 3.63) is 0 Å². The maximum absolute atomic E-state index is 11.9. The topological polar surface area (TPSA) is 70.2 Å². The van der Waals surface area contributed by atoms with Gasteiger partial charge in [-0.2, -0.15) is 0 Å². The lowest BCUT2D eigenvalue weighted by Gasteiger charge is -2.33. The van der Waals surface area contributed by atoms with Crippen molar-refractivity contribution >= 4 is 11.9 Å². The van der Waals surface area contributed by atoms with Gasteiger partial charge in [-0.25, -0.2) is 4.79 Å². The summed E-state index contributed by atoms with van der Waals surface area (Å²) < 4.78 is 0. The van der Waals surface area contributed by atoms with Crippen molar-refractivity contribution in [2.45, 2.75) is 70.9 Å². The zero-order valence-electron chi connectivity index (χ0n) is 13.3. The number of amides is 3. The molecular weight excluding hydrogens is 266 g/mol. The van der Waals surface area contributed by atoms with Crippen molar-refractivity contribution in [2.75, 3.05) is 6.54 Å². The second kappa shape index (κ2) is 7.66. The molecule has 0 aliphatic heterocycles. The van der Waals surface area contributed by atoms with Gasteiger partial charge in [0.05, 0.1) is 6.04 Å². The van der Waals surface area contributed by atoms with Gasteiger partial charge in [-0.15, -0.1) is 0 Å². The molecule has 2 aliphatic carbocycles. The molecule has 5 heteroatoms. The minimum atomic E-state index is -0.0862. The third kappa shape index (κ3) is 5.94. The van der Waals surface area contributed by atoms with Crippen molar-refractivity contribution in [3.8, 4) is 0 Å². The Kier molecular flexibility index (Phi) is 5.88. The van der Waals surface area contributed by atoms with Gasteiger partial charge < -0.3 is 16.0 Å². The molecule has 0 bridgehead atoms. The van der Waals surface area contributed by atoms with Crippen LogP contribution in [0.5, 0.6) is 0 Å². The molecule has 2 fully saturated rings. The first-order valence-electron chi connectivity index (χ1n) is 8.38. The molecule has 2 atom stereocenters. The van der Waals surface area contributed by atoms with E-state index in [9.17, 15) is 9.59 Å². The molecule has 0 heterocycles. The van der Waals surface area contributed by atoms with Crippen LogP contribution >= 0.6 is 0 Å². The molecule has 0 aromatic rings. The van der Waals surface area contributed by atoms with E-state index in [2.05, 4.69) is 16.0 Å². The SMILES string of the molecule is CC(C)CC(=O)NC1CCCCC1NC(=O)NCC1CC1. The molecule has 120 valence electrons. The molecule has 5 nitrogen and oxygen atoms in total. The molecule has 0 aromatic heterocycles. The molecule has 2 rings (SSSR count). The highest BCUT2D eigenvalue weighted by Gasteiger charge is 2.28. The first-order chi connectivity index (χ1) is 10.0. The van der Waals surface area contributed by atoms with Gasteiger partial charge in [0.2, 0.25) is 5.91 Å². The summed E-state index contributed by atoms with van der Waals surface area (Å²) in [5.41, 5.74) is 0. The summed E-state index contributed by atoms with van der Waals surface area (Å²) in [5.74, 6) is 1.15. The average Bonchev–Trinajstić information content (AvgIpc) is 3.22. The number of carbonyl (C=O) groups excluding carboxylic acids is 2. The fourth-order valence-corrected chi connectivity index (χ4v) is 2.89. The lowest BCUT2D eigenvalue weighted by atomic mass is 9.90. The molecule has 0 aromatic carbocycles. The largest absolute Gasteiger partial charge is 0.351 e. The quantitative estimate of drug-likeness (QED) is 0.703. The number of nitrogens with one attached hydrogen (secondary N) is 3. The van der Waals surface area contributed by atoms with E-state index in [-0.39, 0.29) is 24.0 Å². The van der Waals surface area contributed by atoms with Crippen LogP contribution in [0.1, 0.15) is 58.8 Å². The Hall–Kier alpha value is -1.26. The van der Waals surface area contributed by atoms with E-state index >= 15 is 0 Å². The second-order valence-corrected chi connectivity index (χ2v) is 6.96. The predicted octanol–water partition coefficient (Wildman–Crippen LogP) is 2.17. The third-order valence-corrected chi connectivity index (χ3v) is 4.27. The molecule has 21 heavy (non-hydrogen) atoms. The van der Waals surface area contributed by atoms with E-state index in [0.717, 1.165) is 32.2 Å². The monoisotopic (exact) mass is 295 g/mol. The van der Waals surface area contributed by atoms with E-state index in [4.69, 9.17) is 0 Å². The molecule has 0 radical (unpaired) electrons. The van der Waals surface area contributed by atoms with Gasteiger partial charge in [0.1, 0.15) is 0 Å². The van der Waals surface area contributed by atoms with Crippen LogP contribution in [0.4, 0.5) is 4.79 Å². The van der Waals surface area contributed by atoms with Gasteiger partial charge >= 0.3 is 6.03 Å². The van der Waals surface area contributed by atoms with E-state index in [1.54, 1.807) is 0 Å². The predicted molar refractivity (Wildman–Crippen MR) is 82.9 cm³/mol. The van der Waals surface area contributed by atoms with Crippen LogP contribution in [0.3, 0.4) is 0 Å². The van der Waals surface area contributed by atoms with Crippen LogP contribution in [-0.4, -0.2) is 30.6 Å². The van der Waals surface area contributed by atoms with Crippen molar-refractivity contribution < 1.29 is 9.59 Å². The van der Waals surface area contributed by atoms with Gasteiger partial charge in [-0.3, -0.25) is 4.79 Å². The highest BCUT2D eigenvalue weighted by Crippen LogP contribution is 2.27. The van der Waals surface area contributed by atoms with Gasteiger partial charge in [0.15, 0.2) is 0 Å².